The zero-order valence-corrected chi connectivity index (χ0v) is 19.5. The second-order valence-corrected chi connectivity index (χ2v) is 9.68. The van der Waals surface area contributed by atoms with Gasteiger partial charge in [-0.15, -0.1) is 0 Å². The number of hydrogen-bond donors (Lipinski definition) is 0. The molecule has 0 radical (unpaired) electrons. The summed E-state index contributed by atoms with van der Waals surface area (Å²) in [7, 11) is 0. The van der Waals surface area contributed by atoms with Gasteiger partial charge in [-0.2, -0.15) is 0 Å². The van der Waals surface area contributed by atoms with Crippen molar-refractivity contribution in [2.75, 3.05) is 13.2 Å². The van der Waals surface area contributed by atoms with E-state index in [0.717, 1.165) is 31.9 Å². The maximum Gasteiger partial charge on any atom is 0.261 e. The Morgan fingerprint density at radius 2 is 1.86 bits per heavy atom. The smallest absolute Gasteiger partial charge is 0.261 e. The number of ether oxygens (including phenoxy) is 1. The van der Waals surface area contributed by atoms with Gasteiger partial charge in [0.1, 0.15) is 5.82 Å². The molecule has 2 aromatic heterocycles. The fourth-order valence-corrected chi connectivity index (χ4v) is 4.74. The van der Waals surface area contributed by atoms with E-state index in [2.05, 4.69) is 9.97 Å². The van der Waals surface area contributed by atoms with E-state index < -0.39 is 11.9 Å². The van der Waals surface area contributed by atoms with Crippen LogP contribution in [0.15, 0.2) is 47.7 Å². The minimum atomic E-state index is -0.717. The lowest BCUT2D eigenvalue weighted by atomic mass is 9.89. The normalized spacial score (nSPS) is 17.4. The number of ketones is 2. The number of halogens is 1. The van der Waals surface area contributed by atoms with Gasteiger partial charge >= 0.3 is 0 Å². The first-order chi connectivity index (χ1) is 17.0. The van der Waals surface area contributed by atoms with Crippen molar-refractivity contribution in [1.29, 1.82) is 0 Å². The summed E-state index contributed by atoms with van der Waals surface area (Å²) >= 11 is 0. The Hall–Kier alpha value is -3.26. The first-order valence-corrected chi connectivity index (χ1v) is 12.2. The molecule has 5 rings (SSSR count). The second kappa shape index (κ2) is 10.2. The van der Waals surface area contributed by atoms with Crippen LogP contribution in [0.1, 0.15) is 60.6 Å². The Kier molecular flexibility index (Phi) is 6.81. The van der Waals surface area contributed by atoms with Crippen LogP contribution >= 0.6 is 0 Å². The van der Waals surface area contributed by atoms with Crippen LogP contribution in [0.2, 0.25) is 0 Å². The molecule has 1 saturated carbocycles. The van der Waals surface area contributed by atoms with Gasteiger partial charge in [0.2, 0.25) is 0 Å². The van der Waals surface area contributed by atoms with E-state index in [9.17, 15) is 18.8 Å². The van der Waals surface area contributed by atoms with Crippen molar-refractivity contribution in [2.24, 2.45) is 11.8 Å². The SMILES string of the molecule is O=C(CC1CC1)c1ccc2c(=O)n(C(CC3CCOCC3)C(=O)Cc3ccc(F)cn3)cnc2c1. The molecule has 0 spiro atoms. The highest BCUT2D eigenvalue weighted by Crippen LogP contribution is 2.33. The van der Waals surface area contributed by atoms with E-state index in [1.54, 1.807) is 18.2 Å². The number of carbonyl (C=O) groups is 2. The topological polar surface area (TPSA) is 91.2 Å². The van der Waals surface area contributed by atoms with Crippen molar-refractivity contribution < 1.29 is 18.7 Å². The number of nitrogens with zero attached hydrogens (tertiary/aromatic N) is 3. The number of pyridine rings is 1. The van der Waals surface area contributed by atoms with E-state index in [4.69, 9.17) is 4.74 Å². The summed E-state index contributed by atoms with van der Waals surface area (Å²) in [5.41, 5.74) is 1.15. The maximum absolute atomic E-state index is 13.5. The van der Waals surface area contributed by atoms with Crippen molar-refractivity contribution in [3.05, 3.63) is 70.3 Å². The minimum absolute atomic E-state index is 0.00670. The molecule has 1 aliphatic heterocycles. The van der Waals surface area contributed by atoms with Crippen LogP contribution < -0.4 is 5.56 Å². The summed E-state index contributed by atoms with van der Waals surface area (Å²) in [4.78, 5) is 47.9. The Labute approximate surface area is 202 Å². The molecule has 0 N–H and O–H groups in total. The third-order valence-corrected chi connectivity index (χ3v) is 7.03. The van der Waals surface area contributed by atoms with Gasteiger partial charge < -0.3 is 4.74 Å². The van der Waals surface area contributed by atoms with Gasteiger partial charge in [-0.1, -0.05) is 6.07 Å². The molecule has 1 aliphatic carbocycles. The Bertz CT molecular complexity index is 1290. The number of aromatic nitrogens is 3. The summed E-state index contributed by atoms with van der Waals surface area (Å²) in [5, 5.41) is 0.375. The molecule has 0 amide bonds. The molecule has 1 atom stereocenters. The van der Waals surface area contributed by atoms with Gasteiger partial charge in [0.05, 0.1) is 35.9 Å². The number of hydrogen-bond acceptors (Lipinski definition) is 6. The van der Waals surface area contributed by atoms with Crippen molar-refractivity contribution in [3.8, 4) is 0 Å². The van der Waals surface area contributed by atoms with Gasteiger partial charge in [0.15, 0.2) is 11.6 Å². The van der Waals surface area contributed by atoms with Crippen LogP contribution in [-0.4, -0.2) is 39.3 Å². The van der Waals surface area contributed by atoms with E-state index >= 15 is 0 Å². The van der Waals surface area contributed by atoms with Crippen LogP contribution in [0.25, 0.3) is 10.9 Å². The van der Waals surface area contributed by atoms with Gasteiger partial charge in [-0.05, 0) is 68.2 Å². The predicted octanol–water partition coefficient (Wildman–Crippen LogP) is 4.08. The number of fused-ring (bicyclic) bond motifs is 1. The number of rotatable bonds is 9. The van der Waals surface area contributed by atoms with Crippen molar-refractivity contribution in [2.45, 2.75) is 51.0 Å². The molecule has 2 fully saturated rings. The maximum atomic E-state index is 13.5. The van der Waals surface area contributed by atoms with Crippen LogP contribution in [-0.2, 0) is 16.0 Å². The van der Waals surface area contributed by atoms with E-state index in [-0.39, 0.29) is 29.5 Å². The fourth-order valence-electron chi connectivity index (χ4n) is 4.74. The van der Waals surface area contributed by atoms with Crippen LogP contribution in [0.3, 0.4) is 0 Å². The predicted molar refractivity (Wildman–Crippen MR) is 128 cm³/mol. The lowest BCUT2D eigenvalue weighted by Crippen LogP contribution is -2.33. The zero-order chi connectivity index (χ0) is 24.4. The highest BCUT2D eigenvalue weighted by atomic mass is 19.1. The third kappa shape index (κ3) is 5.53. The third-order valence-electron chi connectivity index (χ3n) is 7.03. The van der Waals surface area contributed by atoms with E-state index in [0.29, 0.717) is 54.1 Å². The lowest BCUT2D eigenvalue weighted by molar-refractivity contribution is -0.122. The molecular formula is C27H28FN3O4. The molecule has 1 aromatic carbocycles. The van der Waals surface area contributed by atoms with Gasteiger partial charge in [-0.3, -0.25) is 23.9 Å². The van der Waals surface area contributed by atoms with Crippen molar-refractivity contribution in [3.63, 3.8) is 0 Å². The summed E-state index contributed by atoms with van der Waals surface area (Å²) in [6.45, 7) is 1.27. The summed E-state index contributed by atoms with van der Waals surface area (Å²) in [6, 6.07) is 7.03. The molecule has 7 nitrogen and oxygen atoms in total. The number of carbonyl (C=O) groups excluding carboxylic acids is 2. The highest BCUT2D eigenvalue weighted by Gasteiger charge is 2.28. The Morgan fingerprint density at radius 1 is 1.06 bits per heavy atom. The first kappa shape index (κ1) is 23.5. The van der Waals surface area contributed by atoms with Crippen molar-refractivity contribution in [1.82, 2.24) is 14.5 Å². The van der Waals surface area contributed by atoms with Gasteiger partial charge in [0.25, 0.3) is 5.56 Å². The monoisotopic (exact) mass is 477 g/mol. The first-order valence-electron chi connectivity index (χ1n) is 12.2. The molecule has 2 aliphatic rings. The largest absolute Gasteiger partial charge is 0.381 e. The average molecular weight is 478 g/mol. The van der Waals surface area contributed by atoms with E-state index in [1.165, 1.54) is 23.0 Å². The Balaban J connectivity index is 1.45. The molecule has 0 bridgehead atoms. The van der Waals surface area contributed by atoms with Crippen LogP contribution in [0, 0.1) is 17.7 Å². The van der Waals surface area contributed by atoms with Gasteiger partial charge in [0, 0.05) is 30.9 Å². The quantitative estimate of drug-likeness (QED) is 0.431. The summed E-state index contributed by atoms with van der Waals surface area (Å²) in [6.07, 6.45) is 7.35. The lowest BCUT2D eigenvalue weighted by Gasteiger charge is -2.27. The van der Waals surface area contributed by atoms with Crippen molar-refractivity contribution >= 4 is 22.5 Å². The highest BCUT2D eigenvalue weighted by molar-refractivity contribution is 5.99. The van der Waals surface area contributed by atoms with E-state index in [1.807, 2.05) is 0 Å². The molecule has 1 unspecified atom stereocenters. The Morgan fingerprint density at radius 3 is 2.57 bits per heavy atom. The molecule has 1 saturated heterocycles. The fraction of sp³-hybridized carbons (Fsp3) is 0.444. The molecular weight excluding hydrogens is 449 g/mol. The minimum Gasteiger partial charge on any atom is -0.381 e. The molecule has 3 heterocycles. The van der Waals surface area contributed by atoms with Crippen LogP contribution in [0.5, 0.6) is 0 Å². The molecule has 35 heavy (non-hydrogen) atoms. The number of benzene rings is 1. The zero-order valence-electron chi connectivity index (χ0n) is 19.5. The average Bonchev–Trinajstić information content (AvgIpc) is 3.69. The number of Topliss-reactive ketones (excluding diaryl/α,β-unsaturated/α-hetero) is 2. The van der Waals surface area contributed by atoms with Crippen LogP contribution in [0.4, 0.5) is 4.39 Å². The molecule has 3 aromatic rings. The molecule has 8 heteroatoms. The summed E-state index contributed by atoms with van der Waals surface area (Å²) in [5.74, 6) is 0.148. The van der Waals surface area contributed by atoms with Gasteiger partial charge in [-0.25, -0.2) is 9.37 Å². The molecule has 182 valence electrons. The standard InChI is InChI=1S/C27H28FN3O4/c28-20-4-5-21(29-15-20)14-26(33)24(11-18-7-9-35-10-8-18)31-16-30-23-13-19(3-6-22(23)27(31)34)25(32)12-17-1-2-17/h3-6,13,15-18,24H,1-2,7-12,14H2. The summed E-state index contributed by atoms with van der Waals surface area (Å²) < 4.78 is 20.1. The second-order valence-electron chi connectivity index (χ2n) is 9.68.